The van der Waals surface area contributed by atoms with Gasteiger partial charge in [-0.2, -0.15) is 4.98 Å². The lowest BCUT2D eigenvalue weighted by atomic mass is 10.4. The maximum Gasteiger partial charge on any atom is 0.252 e. The number of rotatable bonds is 3. The van der Waals surface area contributed by atoms with E-state index in [9.17, 15) is 0 Å². The van der Waals surface area contributed by atoms with Crippen LogP contribution in [0.2, 0.25) is 0 Å². The molecule has 6 heteroatoms. The zero-order valence-electron chi connectivity index (χ0n) is 7.60. The van der Waals surface area contributed by atoms with Crippen molar-refractivity contribution in [1.82, 2.24) is 15.1 Å². The van der Waals surface area contributed by atoms with Gasteiger partial charge in [0.15, 0.2) is 5.82 Å². The highest BCUT2D eigenvalue weighted by Gasteiger charge is 2.07. The Hall–Kier alpha value is -1.27. The van der Waals surface area contributed by atoms with E-state index in [0.29, 0.717) is 12.2 Å². The Labute approximate surface area is 84.4 Å². The minimum Gasteiger partial charge on any atom is -0.387 e. The fourth-order valence-corrected chi connectivity index (χ4v) is 1.81. The van der Waals surface area contributed by atoms with Gasteiger partial charge < -0.3 is 9.63 Å². The lowest BCUT2D eigenvalue weighted by Crippen LogP contribution is -1.91. The first-order valence-corrected chi connectivity index (χ1v) is 4.99. The number of aliphatic hydroxyl groups is 1. The van der Waals surface area contributed by atoms with E-state index in [1.54, 1.807) is 11.3 Å². The molecule has 0 atom stereocenters. The Morgan fingerprint density at radius 1 is 1.50 bits per heavy atom. The van der Waals surface area contributed by atoms with Crippen molar-refractivity contribution in [2.75, 3.05) is 0 Å². The predicted molar refractivity (Wildman–Crippen MR) is 49.9 cm³/mol. The summed E-state index contributed by atoms with van der Waals surface area (Å²) in [4.78, 5) is 8.25. The van der Waals surface area contributed by atoms with Gasteiger partial charge in [0.1, 0.15) is 11.6 Å². The Morgan fingerprint density at radius 2 is 2.36 bits per heavy atom. The predicted octanol–water partition coefficient (Wildman–Crippen LogP) is 0.918. The normalized spacial score (nSPS) is 10.7. The number of aryl methyl sites for hydroxylation is 1. The van der Waals surface area contributed by atoms with Crippen LogP contribution in [0.15, 0.2) is 9.90 Å². The quantitative estimate of drug-likeness (QED) is 0.817. The van der Waals surface area contributed by atoms with Crippen LogP contribution in [0.3, 0.4) is 0 Å². The third-order valence-corrected chi connectivity index (χ3v) is 2.59. The van der Waals surface area contributed by atoms with Crippen LogP contribution >= 0.6 is 11.3 Å². The first kappa shape index (κ1) is 9.29. The van der Waals surface area contributed by atoms with E-state index in [1.807, 2.05) is 12.3 Å². The molecule has 2 heterocycles. The lowest BCUT2D eigenvalue weighted by molar-refractivity contribution is 0.222. The molecule has 2 aromatic rings. The van der Waals surface area contributed by atoms with Crippen molar-refractivity contribution in [1.29, 1.82) is 0 Å². The number of aromatic nitrogens is 3. The summed E-state index contributed by atoms with van der Waals surface area (Å²) in [6.45, 7) is 1.72. The van der Waals surface area contributed by atoms with E-state index < -0.39 is 0 Å². The maximum atomic E-state index is 8.71. The molecular weight excluding hydrogens is 202 g/mol. The Morgan fingerprint density at radius 3 is 2.93 bits per heavy atom. The smallest absolute Gasteiger partial charge is 0.252 e. The molecule has 2 aromatic heterocycles. The molecule has 0 aliphatic carbocycles. The minimum absolute atomic E-state index is 0.218. The number of aliphatic hydroxyl groups excluding tert-OH is 1. The number of thiazole rings is 1. The van der Waals surface area contributed by atoms with Gasteiger partial charge >= 0.3 is 0 Å². The van der Waals surface area contributed by atoms with Crippen molar-refractivity contribution in [3.63, 3.8) is 0 Å². The minimum atomic E-state index is -0.218. The molecule has 0 saturated carbocycles. The molecule has 0 aliphatic rings. The average Bonchev–Trinajstić information content (AvgIpc) is 2.76. The number of nitrogens with zero attached hydrogens (tertiary/aromatic N) is 3. The second-order valence-corrected chi connectivity index (χ2v) is 3.76. The number of hydrogen-bond acceptors (Lipinski definition) is 6. The summed E-state index contributed by atoms with van der Waals surface area (Å²) >= 11 is 1.57. The van der Waals surface area contributed by atoms with Gasteiger partial charge in [-0.25, -0.2) is 4.98 Å². The zero-order valence-corrected chi connectivity index (χ0v) is 8.41. The standard InChI is InChI=1S/C8H9N3O2S/c1-5-4-14-8(9-5)2-6-10-7(3-12)13-11-6/h4,12H,2-3H2,1H3. The van der Waals surface area contributed by atoms with Gasteiger partial charge in [0, 0.05) is 11.1 Å². The van der Waals surface area contributed by atoms with Gasteiger partial charge in [-0.1, -0.05) is 5.16 Å². The van der Waals surface area contributed by atoms with Gasteiger partial charge in [0.25, 0.3) is 5.89 Å². The number of hydrogen-bond donors (Lipinski definition) is 1. The highest BCUT2D eigenvalue weighted by Crippen LogP contribution is 2.12. The summed E-state index contributed by atoms with van der Waals surface area (Å²) in [5.41, 5.74) is 0.996. The van der Waals surface area contributed by atoms with Crippen LogP contribution < -0.4 is 0 Å². The topological polar surface area (TPSA) is 72.0 Å². The Kier molecular flexibility index (Phi) is 2.55. The summed E-state index contributed by atoms with van der Waals surface area (Å²) in [5, 5.41) is 15.4. The lowest BCUT2D eigenvalue weighted by Gasteiger charge is -1.86. The van der Waals surface area contributed by atoms with E-state index in [2.05, 4.69) is 15.1 Å². The molecule has 0 aromatic carbocycles. The van der Waals surface area contributed by atoms with Gasteiger partial charge in [-0.3, -0.25) is 0 Å². The van der Waals surface area contributed by atoms with E-state index in [0.717, 1.165) is 10.7 Å². The molecule has 14 heavy (non-hydrogen) atoms. The van der Waals surface area contributed by atoms with Crippen molar-refractivity contribution < 1.29 is 9.63 Å². The molecule has 0 amide bonds. The summed E-state index contributed by atoms with van der Waals surface area (Å²) in [6, 6.07) is 0. The van der Waals surface area contributed by atoms with Crippen LogP contribution in [-0.2, 0) is 13.0 Å². The summed E-state index contributed by atoms with van der Waals surface area (Å²) < 4.78 is 4.76. The molecule has 1 N–H and O–H groups in total. The molecule has 0 aliphatic heterocycles. The van der Waals surface area contributed by atoms with Crippen LogP contribution in [0.25, 0.3) is 0 Å². The molecule has 74 valence electrons. The SMILES string of the molecule is Cc1csc(Cc2noc(CO)n2)n1. The molecule has 0 fully saturated rings. The molecule has 2 rings (SSSR count). The molecule has 5 nitrogen and oxygen atoms in total. The first-order chi connectivity index (χ1) is 6.78. The molecule has 0 bridgehead atoms. The van der Waals surface area contributed by atoms with Gasteiger partial charge in [0.2, 0.25) is 0 Å². The molecule has 0 radical (unpaired) electrons. The van der Waals surface area contributed by atoms with Gasteiger partial charge in [-0.05, 0) is 6.92 Å². The molecular formula is C8H9N3O2S. The third-order valence-electron chi connectivity index (χ3n) is 1.62. The summed E-state index contributed by atoms with van der Waals surface area (Å²) in [5.74, 6) is 0.802. The van der Waals surface area contributed by atoms with Crippen molar-refractivity contribution in [2.24, 2.45) is 0 Å². The van der Waals surface area contributed by atoms with Crippen LogP contribution in [0, 0.1) is 6.92 Å². The first-order valence-electron chi connectivity index (χ1n) is 4.11. The summed E-state index contributed by atoms with van der Waals surface area (Å²) in [7, 11) is 0. The average molecular weight is 211 g/mol. The highest BCUT2D eigenvalue weighted by atomic mass is 32.1. The second-order valence-electron chi connectivity index (χ2n) is 2.82. The monoisotopic (exact) mass is 211 g/mol. The van der Waals surface area contributed by atoms with E-state index in [1.165, 1.54) is 0 Å². The Bertz CT molecular complexity index is 424. The molecule has 0 unspecified atom stereocenters. The van der Waals surface area contributed by atoms with Crippen LogP contribution in [-0.4, -0.2) is 20.2 Å². The molecule has 0 spiro atoms. The van der Waals surface area contributed by atoms with Crippen molar-refractivity contribution in [3.05, 3.63) is 27.8 Å². The van der Waals surface area contributed by atoms with Crippen LogP contribution in [0.1, 0.15) is 22.4 Å². The molecule has 0 saturated heterocycles. The van der Waals surface area contributed by atoms with Gasteiger partial charge in [-0.15, -0.1) is 11.3 Å². The zero-order chi connectivity index (χ0) is 9.97. The van der Waals surface area contributed by atoms with Crippen molar-refractivity contribution >= 4 is 11.3 Å². The van der Waals surface area contributed by atoms with Crippen molar-refractivity contribution in [3.8, 4) is 0 Å². The fraction of sp³-hybridized carbons (Fsp3) is 0.375. The van der Waals surface area contributed by atoms with Crippen LogP contribution in [0.4, 0.5) is 0 Å². The summed E-state index contributed by atoms with van der Waals surface area (Å²) in [6.07, 6.45) is 0.558. The van der Waals surface area contributed by atoms with Gasteiger partial charge in [0.05, 0.1) is 6.42 Å². The maximum absolute atomic E-state index is 8.71. The van der Waals surface area contributed by atoms with E-state index >= 15 is 0 Å². The van der Waals surface area contributed by atoms with Crippen molar-refractivity contribution in [2.45, 2.75) is 20.0 Å². The van der Waals surface area contributed by atoms with E-state index in [4.69, 9.17) is 9.63 Å². The fourth-order valence-electron chi connectivity index (χ4n) is 1.05. The van der Waals surface area contributed by atoms with E-state index in [-0.39, 0.29) is 12.5 Å². The second kappa shape index (κ2) is 3.85. The van der Waals surface area contributed by atoms with Crippen LogP contribution in [0.5, 0.6) is 0 Å². The third kappa shape index (κ3) is 1.97. The Balaban J connectivity index is 2.10. The highest BCUT2D eigenvalue weighted by molar-refractivity contribution is 7.09. The largest absolute Gasteiger partial charge is 0.387 e.